The van der Waals surface area contributed by atoms with E-state index in [4.69, 9.17) is 5.84 Å². The van der Waals surface area contributed by atoms with Gasteiger partial charge in [-0.25, -0.2) is 15.2 Å². The van der Waals surface area contributed by atoms with Crippen LogP contribution in [0.15, 0.2) is 30.3 Å². The molecule has 0 saturated heterocycles. The van der Waals surface area contributed by atoms with E-state index in [9.17, 15) is 14.5 Å². The maximum Gasteiger partial charge on any atom is 0.311 e. The van der Waals surface area contributed by atoms with Gasteiger partial charge >= 0.3 is 5.69 Å². The fraction of sp³-hybridized carbons (Fsp3) is 0.0833. The van der Waals surface area contributed by atoms with E-state index in [0.29, 0.717) is 11.3 Å². The van der Waals surface area contributed by atoms with Crippen molar-refractivity contribution in [2.24, 2.45) is 5.84 Å². The van der Waals surface area contributed by atoms with Crippen LogP contribution in [0.2, 0.25) is 0 Å². The number of nitrogen functional groups attached to an aromatic ring is 1. The number of hydrogen-bond donors (Lipinski definition) is 3. The Morgan fingerprint density at radius 3 is 2.75 bits per heavy atom. The van der Waals surface area contributed by atoms with Crippen LogP contribution in [0.3, 0.4) is 0 Å². The van der Waals surface area contributed by atoms with Crippen LogP contribution in [0.5, 0.6) is 0 Å². The number of nitrogens with two attached hydrogens (primary N) is 1. The van der Waals surface area contributed by atoms with Gasteiger partial charge in [0.05, 0.1) is 4.92 Å². The number of benzene rings is 1. The number of aromatic nitrogens is 1. The standard InChI is InChI=1S/C12H12FN5O2/c1-7-8(13)3-2-4-9(7)15-12-10(18(19)20)5-6-11(16-12)17-14/h2-6H,14H2,1H3,(H2,15,16,17). The first kappa shape index (κ1) is 13.7. The Morgan fingerprint density at radius 1 is 1.35 bits per heavy atom. The SMILES string of the molecule is Cc1c(F)cccc1Nc1nc(NN)ccc1[N+](=O)[O-]. The lowest BCUT2D eigenvalue weighted by Crippen LogP contribution is -2.10. The molecule has 1 heterocycles. The molecular weight excluding hydrogens is 265 g/mol. The lowest BCUT2D eigenvalue weighted by Gasteiger charge is -2.10. The minimum absolute atomic E-state index is 0.0147. The molecule has 0 amide bonds. The molecule has 104 valence electrons. The average molecular weight is 277 g/mol. The third-order valence-electron chi connectivity index (χ3n) is 2.74. The van der Waals surface area contributed by atoms with Gasteiger partial charge in [0, 0.05) is 17.3 Å². The maximum absolute atomic E-state index is 13.5. The van der Waals surface area contributed by atoms with Crippen molar-refractivity contribution in [2.45, 2.75) is 6.92 Å². The fourth-order valence-electron chi connectivity index (χ4n) is 1.64. The van der Waals surface area contributed by atoms with Crippen LogP contribution < -0.4 is 16.6 Å². The molecule has 0 unspecified atom stereocenters. The monoisotopic (exact) mass is 277 g/mol. The van der Waals surface area contributed by atoms with Crippen molar-refractivity contribution in [3.05, 3.63) is 51.8 Å². The summed E-state index contributed by atoms with van der Waals surface area (Å²) in [4.78, 5) is 14.4. The van der Waals surface area contributed by atoms with Crippen LogP contribution in [0.4, 0.5) is 27.4 Å². The van der Waals surface area contributed by atoms with Crippen LogP contribution in [0, 0.1) is 22.9 Å². The molecule has 1 aromatic carbocycles. The topological polar surface area (TPSA) is 106 Å². The van der Waals surface area contributed by atoms with E-state index in [2.05, 4.69) is 15.7 Å². The number of nitrogens with zero attached hydrogens (tertiary/aromatic N) is 2. The molecule has 20 heavy (non-hydrogen) atoms. The molecular formula is C12H12FN5O2. The van der Waals surface area contributed by atoms with Gasteiger partial charge in [-0.2, -0.15) is 0 Å². The molecule has 1 aromatic heterocycles. The highest BCUT2D eigenvalue weighted by atomic mass is 19.1. The maximum atomic E-state index is 13.5. The van der Waals surface area contributed by atoms with Gasteiger partial charge in [0.1, 0.15) is 11.6 Å². The summed E-state index contributed by atoms with van der Waals surface area (Å²) in [6.07, 6.45) is 0. The zero-order valence-electron chi connectivity index (χ0n) is 10.6. The third-order valence-corrected chi connectivity index (χ3v) is 2.74. The number of halogens is 1. The molecule has 0 spiro atoms. The molecule has 8 heteroatoms. The smallest absolute Gasteiger partial charge is 0.311 e. The van der Waals surface area contributed by atoms with Gasteiger partial charge in [-0.1, -0.05) is 6.07 Å². The Hall–Kier alpha value is -2.74. The van der Waals surface area contributed by atoms with Gasteiger partial charge in [0.2, 0.25) is 5.82 Å². The Labute approximate surface area is 113 Å². The number of nitrogens with one attached hydrogen (secondary N) is 2. The predicted molar refractivity (Wildman–Crippen MR) is 73.1 cm³/mol. The molecule has 0 radical (unpaired) electrons. The number of hydrazine groups is 1. The second-order valence-corrected chi connectivity index (χ2v) is 4.00. The summed E-state index contributed by atoms with van der Waals surface area (Å²) in [5.41, 5.74) is 2.81. The highest BCUT2D eigenvalue weighted by Crippen LogP contribution is 2.29. The molecule has 0 fully saturated rings. The predicted octanol–water partition coefficient (Wildman–Crippen LogP) is 2.47. The lowest BCUT2D eigenvalue weighted by molar-refractivity contribution is -0.384. The highest BCUT2D eigenvalue weighted by molar-refractivity contribution is 5.69. The number of hydrogen-bond acceptors (Lipinski definition) is 6. The summed E-state index contributed by atoms with van der Waals surface area (Å²) in [6, 6.07) is 7.05. The van der Waals surface area contributed by atoms with Crippen LogP contribution >= 0.6 is 0 Å². The minimum atomic E-state index is -0.579. The first-order valence-electron chi connectivity index (χ1n) is 5.67. The van der Waals surface area contributed by atoms with Crippen LogP contribution in [-0.2, 0) is 0 Å². The summed E-state index contributed by atoms with van der Waals surface area (Å²) < 4.78 is 13.5. The molecule has 0 saturated carbocycles. The first-order valence-corrected chi connectivity index (χ1v) is 5.67. The Morgan fingerprint density at radius 2 is 2.10 bits per heavy atom. The molecule has 0 bridgehead atoms. The Balaban J connectivity index is 2.46. The Kier molecular flexibility index (Phi) is 3.76. The van der Waals surface area contributed by atoms with Crippen molar-refractivity contribution in [2.75, 3.05) is 10.7 Å². The molecule has 0 aliphatic rings. The van der Waals surface area contributed by atoms with E-state index >= 15 is 0 Å². The largest absolute Gasteiger partial charge is 0.334 e. The van der Waals surface area contributed by atoms with Gasteiger partial charge in [0.25, 0.3) is 0 Å². The van der Waals surface area contributed by atoms with Crippen molar-refractivity contribution in [1.29, 1.82) is 0 Å². The van der Waals surface area contributed by atoms with E-state index in [0.717, 1.165) is 0 Å². The van der Waals surface area contributed by atoms with Gasteiger partial charge in [-0.05, 0) is 25.1 Å². The van der Waals surface area contributed by atoms with E-state index in [1.54, 1.807) is 13.0 Å². The van der Waals surface area contributed by atoms with Crippen molar-refractivity contribution >= 4 is 23.0 Å². The summed E-state index contributed by atoms with van der Waals surface area (Å²) in [6.45, 7) is 1.56. The number of anilines is 3. The zero-order valence-corrected chi connectivity index (χ0v) is 10.6. The minimum Gasteiger partial charge on any atom is -0.334 e. The second kappa shape index (κ2) is 5.49. The van der Waals surface area contributed by atoms with Crippen molar-refractivity contribution in [1.82, 2.24) is 4.98 Å². The van der Waals surface area contributed by atoms with Crippen molar-refractivity contribution in [3.63, 3.8) is 0 Å². The zero-order chi connectivity index (χ0) is 14.7. The van der Waals surface area contributed by atoms with Gasteiger partial charge in [-0.15, -0.1) is 0 Å². The summed E-state index contributed by atoms with van der Waals surface area (Å²) in [5, 5.41) is 13.7. The second-order valence-electron chi connectivity index (χ2n) is 4.00. The lowest BCUT2D eigenvalue weighted by atomic mass is 10.2. The van der Waals surface area contributed by atoms with Gasteiger partial charge in [0.15, 0.2) is 0 Å². The molecule has 0 aliphatic heterocycles. The van der Waals surface area contributed by atoms with Crippen LogP contribution in [0.25, 0.3) is 0 Å². The molecule has 0 atom stereocenters. The quantitative estimate of drug-likeness (QED) is 0.450. The number of nitro groups is 1. The van der Waals surface area contributed by atoms with E-state index in [-0.39, 0.29) is 17.3 Å². The van der Waals surface area contributed by atoms with Crippen molar-refractivity contribution < 1.29 is 9.31 Å². The van der Waals surface area contributed by atoms with Crippen molar-refractivity contribution in [3.8, 4) is 0 Å². The normalized spacial score (nSPS) is 10.2. The average Bonchev–Trinajstić information content (AvgIpc) is 2.43. The first-order chi connectivity index (χ1) is 9.52. The molecule has 0 aliphatic carbocycles. The summed E-state index contributed by atoms with van der Waals surface area (Å²) in [7, 11) is 0. The van der Waals surface area contributed by atoms with Gasteiger partial charge in [-0.3, -0.25) is 10.1 Å². The molecule has 2 rings (SSSR count). The Bertz CT molecular complexity index is 662. The van der Waals surface area contributed by atoms with Crippen LogP contribution in [0.1, 0.15) is 5.56 Å². The number of pyridine rings is 1. The summed E-state index contributed by atoms with van der Waals surface area (Å²) >= 11 is 0. The van der Waals surface area contributed by atoms with E-state index in [1.165, 1.54) is 24.3 Å². The third kappa shape index (κ3) is 2.64. The van der Waals surface area contributed by atoms with Gasteiger partial charge < -0.3 is 10.7 Å². The number of rotatable bonds is 4. The molecule has 7 nitrogen and oxygen atoms in total. The highest BCUT2D eigenvalue weighted by Gasteiger charge is 2.17. The molecule has 4 N–H and O–H groups in total. The van der Waals surface area contributed by atoms with E-state index in [1.807, 2.05) is 0 Å². The van der Waals surface area contributed by atoms with Crippen LogP contribution in [-0.4, -0.2) is 9.91 Å². The molecule has 2 aromatic rings. The fourth-order valence-corrected chi connectivity index (χ4v) is 1.64. The van der Waals surface area contributed by atoms with E-state index < -0.39 is 10.7 Å². The summed E-state index contributed by atoms with van der Waals surface area (Å²) in [5.74, 6) is 5.05.